The van der Waals surface area contributed by atoms with Crippen molar-refractivity contribution >= 4 is 34.7 Å². The maximum Gasteiger partial charge on any atom is 0.295 e. The SMILES string of the molecule is C=Cc1ccnc2[nH]cc(C(=O)C(=O)N3CCN(C(=O)c4ccccc4)C[C@H]3C)c12. The monoisotopic (exact) mass is 402 g/mol. The Balaban J connectivity index is 1.52. The summed E-state index contributed by atoms with van der Waals surface area (Å²) in [4.78, 5) is 49.1. The molecule has 7 nitrogen and oxygen atoms in total. The fourth-order valence-electron chi connectivity index (χ4n) is 3.88. The van der Waals surface area contributed by atoms with Gasteiger partial charge in [-0.25, -0.2) is 4.98 Å². The predicted molar refractivity (Wildman–Crippen MR) is 114 cm³/mol. The van der Waals surface area contributed by atoms with E-state index < -0.39 is 11.7 Å². The van der Waals surface area contributed by atoms with E-state index >= 15 is 0 Å². The third kappa shape index (κ3) is 3.39. The first-order chi connectivity index (χ1) is 14.5. The van der Waals surface area contributed by atoms with Crippen molar-refractivity contribution in [1.29, 1.82) is 0 Å². The number of carbonyl (C=O) groups excluding carboxylic acids is 3. The molecule has 1 atom stereocenters. The standard InChI is InChI=1S/C23H22N4O3/c1-3-16-9-10-24-21-19(16)18(13-25-21)20(28)23(30)27-12-11-26(14-15(27)2)22(29)17-7-5-4-6-8-17/h3-10,13,15H,1,11-12,14H2,2H3,(H,24,25)/t15-/m1/s1. The zero-order chi connectivity index (χ0) is 21.3. The lowest BCUT2D eigenvalue weighted by atomic mass is 10.0. The van der Waals surface area contributed by atoms with Gasteiger partial charge in [0, 0.05) is 49.0 Å². The Morgan fingerprint density at radius 3 is 2.63 bits per heavy atom. The van der Waals surface area contributed by atoms with E-state index in [0.717, 1.165) is 5.56 Å². The van der Waals surface area contributed by atoms with Crippen LogP contribution >= 0.6 is 0 Å². The molecule has 0 aliphatic carbocycles. The topological polar surface area (TPSA) is 86.4 Å². The Morgan fingerprint density at radius 1 is 1.17 bits per heavy atom. The zero-order valence-corrected chi connectivity index (χ0v) is 16.7. The smallest absolute Gasteiger partial charge is 0.295 e. The molecule has 2 amide bonds. The van der Waals surface area contributed by atoms with Gasteiger partial charge in [-0.1, -0.05) is 30.9 Å². The Bertz CT molecular complexity index is 1140. The Hall–Kier alpha value is -3.74. The summed E-state index contributed by atoms with van der Waals surface area (Å²) in [6.07, 6.45) is 4.78. The second-order valence-electron chi connectivity index (χ2n) is 7.32. The molecule has 0 unspecified atom stereocenters. The van der Waals surface area contributed by atoms with Crippen LogP contribution in [0, 0.1) is 0 Å². The minimum Gasteiger partial charge on any atom is -0.345 e. The lowest BCUT2D eigenvalue weighted by molar-refractivity contribution is -0.130. The van der Waals surface area contributed by atoms with Crippen LogP contribution in [0.4, 0.5) is 0 Å². The van der Waals surface area contributed by atoms with Crippen molar-refractivity contribution in [3.8, 4) is 0 Å². The van der Waals surface area contributed by atoms with Gasteiger partial charge in [0.05, 0.1) is 5.56 Å². The van der Waals surface area contributed by atoms with Crippen molar-refractivity contribution in [2.24, 2.45) is 0 Å². The van der Waals surface area contributed by atoms with Crippen LogP contribution in [0.15, 0.2) is 55.4 Å². The minimum absolute atomic E-state index is 0.0702. The molecule has 2 aromatic heterocycles. The molecule has 30 heavy (non-hydrogen) atoms. The van der Waals surface area contributed by atoms with Gasteiger partial charge in [-0.3, -0.25) is 14.4 Å². The fourth-order valence-corrected chi connectivity index (χ4v) is 3.88. The highest BCUT2D eigenvalue weighted by Gasteiger charge is 2.34. The number of nitrogens with zero attached hydrogens (tertiary/aromatic N) is 3. The Kier molecular flexibility index (Phi) is 5.18. The molecule has 0 bridgehead atoms. The van der Waals surface area contributed by atoms with Crippen LogP contribution in [0.3, 0.4) is 0 Å². The molecule has 0 saturated carbocycles. The number of piperazine rings is 1. The summed E-state index contributed by atoms with van der Waals surface area (Å²) in [5.41, 5.74) is 2.18. The van der Waals surface area contributed by atoms with E-state index in [-0.39, 0.29) is 17.5 Å². The highest BCUT2D eigenvalue weighted by Crippen LogP contribution is 2.23. The van der Waals surface area contributed by atoms with Gasteiger partial charge < -0.3 is 14.8 Å². The third-order valence-electron chi connectivity index (χ3n) is 5.46. The van der Waals surface area contributed by atoms with Gasteiger partial charge in [0.15, 0.2) is 0 Å². The van der Waals surface area contributed by atoms with Gasteiger partial charge >= 0.3 is 0 Å². The lowest BCUT2D eigenvalue weighted by Crippen LogP contribution is -2.56. The maximum atomic E-state index is 13.0. The number of Topliss-reactive ketones (excluding diaryl/α,β-unsaturated/α-hetero) is 1. The molecule has 1 aliphatic heterocycles. The van der Waals surface area contributed by atoms with Gasteiger partial charge in [0.25, 0.3) is 17.6 Å². The maximum absolute atomic E-state index is 13.0. The Labute approximate surface area is 174 Å². The zero-order valence-electron chi connectivity index (χ0n) is 16.7. The van der Waals surface area contributed by atoms with Crippen molar-refractivity contribution in [2.45, 2.75) is 13.0 Å². The third-order valence-corrected chi connectivity index (χ3v) is 5.46. The van der Waals surface area contributed by atoms with Crippen LogP contribution in [-0.4, -0.2) is 63.0 Å². The molecule has 152 valence electrons. The second-order valence-corrected chi connectivity index (χ2v) is 7.32. The molecule has 1 fully saturated rings. The molecule has 0 spiro atoms. The van der Waals surface area contributed by atoms with E-state index in [1.54, 1.807) is 40.3 Å². The van der Waals surface area contributed by atoms with Crippen molar-refractivity contribution in [1.82, 2.24) is 19.8 Å². The van der Waals surface area contributed by atoms with Gasteiger partial charge in [0.2, 0.25) is 0 Å². The van der Waals surface area contributed by atoms with Crippen LogP contribution in [0.1, 0.15) is 33.2 Å². The number of aromatic nitrogens is 2. The van der Waals surface area contributed by atoms with Gasteiger partial charge in [-0.05, 0) is 30.7 Å². The molecule has 0 radical (unpaired) electrons. The van der Waals surface area contributed by atoms with E-state index in [0.29, 0.717) is 36.2 Å². The van der Waals surface area contributed by atoms with Gasteiger partial charge in [-0.15, -0.1) is 0 Å². The number of H-pyrrole nitrogens is 1. The number of rotatable bonds is 4. The number of hydrogen-bond donors (Lipinski definition) is 1. The van der Waals surface area contributed by atoms with E-state index in [1.165, 1.54) is 6.20 Å². The summed E-state index contributed by atoms with van der Waals surface area (Å²) >= 11 is 0. The predicted octanol–water partition coefficient (Wildman–Crippen LogP) is 2.76. The minimum atomic E-state index is -0.591. The quantitative estimate of drug-likeness (QED) is 0.537. The fraction of sp³-hybridized carbons (Fsp3) is 0.217. The highest BCUT2D eigenvalue weighted by molar-refractivity contribution is 6.45. The molecule has 4 rings (SSSR count). The lowest BCUT2D eigenvalue weighted by Gasteiger charge is -2.39. The summed E-state index contributed by atoms with van der Waals surface area (Å²) in [6.45, 7) is 6.68. The normalized spacial score (nSPS) is 16.5. The van der Waals surface area contributed by atoms with Crippen LogP contribution in [0.25, 0.3) is 17.1 Å². The van der Waals surface area contributed by atoms with Crippen LogP contribution < -0.4 is 0 Å². The average molecular weight is 402 g/mol. The largest absolute Gasteiger partial charge is 0.345 e. The number of aromatic amines is 1. The second kappa shape index (κ2) is 7.94. The van der Waals surface area contributed by atoms with Crippen molar-refractivity contribution in [3.63, 3.8) is 0 Å². The molecule has 7 heteroatoms. The molecule has 1 saturated heterocycles. The molecule has 3 aromatic rings. The molecule has 1 aliphatic rings. The Morgan fingerprint density at radius 2 is 1.93 bits per heavy atom. The summed E-state index contributed by atoms with van der Waals surface area (Å²) in [7, 11) is 0. The van der Waals surface area contributed by atoms with E-state index in [1.807, 2.05) is 25.1 Å². The summed E-state index contributed by atoms with van der Waals surface area (Å²) in [5, 5.41) is 0.594. The molecular weight excluding hydrogens is 380 g/mol. The van der Waals surface area contributed by atoms with Crippen molar-refractivity contribution < 1.29 is 14.4 Å². The summed E-state index contributed by atoms with van der Waals surface area (Å²) < 4.78 is 0. The molecular formula is C23H22N4O3. The number of pyridine rings is 1. The van der Waals surface area contributed by atoms with E-state index in [4.69, 9.17) is 0 Å². The molecule has 1 aromatic carbocycles. The van der Waals surface area contributed by atoms with Gasteiger partial charge in [0.1, 0.15) is 5.65 Å². The van der Waals surface area contributed by atoms with Crippen LogP contribution in [0.5, 0.6) is 0 Å². The number of ketones is 1. The van der Waals surface area contributed by atoms with Gasteiger partial charge in [-0.2, -0.15) is 0 Å². The molecule has 3 heterocycles. The number of hydrogen-bond acceptors (Lipinski definition) is 4. The number of amides is 2. The number of fused-ring (bicyclic) bond motifs is 1. The van der Waals surface area contributed by atoms with E-state index in [2.05, 4.69) is 16.5 Å². The number of carbonyl (C=O) groups is 3. The van der Waals surface area contributed by atoms with E-state index in [9.17, 15) is 14.4 Å². The van der Waals surface area contributed by atoms with Crippen molar-refractivity contribution in [3.05, 3.63) is 72.1 Å². The van der Waals surface area contributed by atoms with Crippen molar-refractivity contribution in [2.75, 3.05) is 19.6 Å². The summed E-state index contributed by atoms with van der Waals surface area (Å²) in [6, 6.07) is 10.5. The first-order valence-corrected chi connectivity index (χ1v) is 9.79. The first-order valence-electron chi connectivity index (χ1n) is 9.79. The number of benzene rings is 1. The van der Waals surface area contributed by atoms with Crippen LogP contribution in [-0.2, 0) is 4.79 Å². The molecule has 1 N–H and O–H groups in total. The highest BCUT2D eigenvalue weighted by atomic mass is 16.2. The summed E-state index contributed by atoms with van der Waals surface area (Å²) in [5.74, 6) is -1.24. The van der Waals surface area contributed by atoms with Crippen LogP contribution in [0.2, 0.25) is 0 Å². The number of nitrogens with one attached hydrogen (secondary N) is 1. The average Bonchev–Trinajstić information content (AvgIpc) is 3.22. The first kappa shape index (κ1) is 19.6.